The third-order valence-electron chi connectivity index (χ3n) is 3.22. The van der Waals surface area contributed by atoms with E-state index in [9.17, 15) is 4.79 Å². The summed E-state index contributed by atoms with van der Waals surface area (Å²) in [6.45, 7) is 5.63. The van der Waals surface area contributed by atoms with Crippen molar-refractivity contribution in [3.8, 4) is 0 Å². The Bertz CT molecular complexity index is 205. The van der Waals surface area contributed by atoms with Crippen molar-refractivity contribution in [2.75, 3.05) is 0 Å². The lowest BCUT2D eigenvalue weighted by Crippen LogP contribution is -2.51. The van der Waals surface area contributed by atoms with E-state index in [2.05, 4.69) is 0 Å². The summed E-state index contributed by atoms with van der Waals surface area (Å²) >= 11 is 0. The van der Waals surface area contributed by atoms with Crippen LogP contribution >= 0.6 is 0 Å². The summed E-state index contributed by atoms with van der Waals surface area (Å²) in [4.78, 5) is 11.7. The highest BCUT2D eigenvalue weighted by molar-refractivity contribution is 5.80. The molecule has 1 aliphatic carbocycles. The van der Waals surface area contributed by atoms with Gasteiger partial charge in [0, 0.05) is 0 Å². The van der Waals surface area contributed by atoms with Gasteiger partial charge in [0.25, 0.3) is 0 Å². The zero-order chi connectivity index (χ0) is 10.8. The standard InChI is InChI=1S/C11H21NO2/c1-8(2)11(3,12)10(13)14-9-6-4-5-7-9/h8-9H,4-7,12H2,1-3H3. The summed E-state index contributed by atoms with van der Waals surface area (Å²) in [5.74, 6) is -0.143. The summed E-state index contributed by atoms with van der Waals surface area (Å²) in [6, 6.07) is 0. The van der Waals surface area contributed by atoms with E-state index in [1.165, 1.54) is 12.8 Å². The van der Waals surface area contributed by atoms with E-state index in [4.69, 9.17) is 10.5 Å². The SMILES string of the molecule is CC(C)C(C)(N)C(=O)OC1CCCC1. The van der Waals surface area contributed by atoms with Crippen LogP contribution in [-0.4, -0.2) is 17.6 Å². The molecule has 1 unspecified atom stereocenters. The van der Waals surface area contributed by atoms with E-state index >= 15 is 0 Å². The summed E-state index contributed by atoms with van der Waals surface area (Å²) in [5.41, 5.74) is 5.06. The normalized spacial score (nSPS) is 22.4. The van der Waals surface area contributed by atoms with Crippen LogP contribution in [0.2, 0.25) is 0 Å². The van der Waals surface area contributed by atoms with Crippen molar-refractivity contribution in [3.63, 3.8) is 0 Å². The second-order valence-corrected chi connectivity index (χ2v) is 4.75. The van der Waals surface area contributed by atoms with Gasteiger partial charge in [-0.3, -0.25) is 4.79 Å². The van der Waals surface area contributed by atoms with Gasteiger partial charge in [-0.2, -0.15) is 0 Å². The largest absolute Gasteiger partial charge is 0.461 e. The van der Waals surface area contributed by atoms with Crippen LogP contribution in [-0.2, 0) is 9.53 Å². The van der Waals surface area contributed by atoms with Crippen LogP contribution in [0.25, 0.3) is 0 Å². The van der Waals surface area contributed by atoms with Gasteiger partial charge in [0.15, 0.2) is 0 Å². The van der Waals surface area contributed by atoms with Crippen molar-refractivity contribution in [2.45, 2.75) is 58.1 Å². The molecule has 0 saturated heterocycles. The summed E-state index contributed by atoms with van der Waals surface area (Å²) < 4.78 is 5.37. The molecular weight excluding hydrogens is 178 g/mol. The molecule has 0 heterocycles. The van der Waals surface area contributed by atoms with E-state index in [1.807, 2.05) is 13.8 Å². The molecule has 82 valence electrons. The van der Waals surface area contributed by atoms with Crippen molar-refractivity contribution < 1.29 is 9.53 Å². The van der Waals surface area contributed by atoms with Gasteiger partial charge < -0.3 is 10.5 Å². The maximum Gasteiger partial charge on any atom is 0.326 e. The average Bonchev–Trinajstić information content (AvgIpc) is 2.56. The van der Waals surface area contributed by atoms with Crippen LogP contribution in [0.3, 0.4) is 0 Å². The van der Waals surface area contributed by atoms with Gasteiger partial charge in [-0.15, -0.1) is 0 Å². The molecule has 14 heavy (non-hydrogen) atoms. The Hall–Kier alpha value is -0.570. The Morgan fingerprint density at radius 3 is 2.36 bits per heavy atom. The molecule has 0 aromatic heterocycles. The highest BCUT2D eigenvalue weighted by Crippen LogP contribution is 2.24. The molecule has 0 aromatic rings. The number of carbonyl (C=O) groups is 1. The van der Waals surface area contributed by atoms with Crippen molar-refractivity contribution in [1.29, 1.82) is 0 Å². The molecule has 1 fully saturated rings. The first-order valence-electron chi connectivity index (χ1n) is 5.44. The molecule has 0 spiro atoms. The van der Waals surface area contributed by atoms with Crippen LogP contribution in [0.1, 0.15) is 46.5 Å². The van der Waals surface area contributed by atoms with Gasteiger partial charge in [0.05, 0.1) is 0 Å². The Morgan fingerprint density at radius 2 is 1.93 bits per heavy atom. The van der Waals surface area contributed by atoms with Gasteiger partial charge in [0.2, 0.25) is 0 Å². The van der Waals surface area contributed by atoms with E-state index in [-0.39, 0.29) is 18.0 Å². The molecule has 1 saturated carbocycles. The van der Waals surface area contributed by atoms with Gasteiger partial charge in [-0.05, 0) is 38.5 Å². The molecule has 0 aliphatic heterocycles. The van der Waals surface area contributed by atoms with Gasteiger partial charge in [0.1, 0.15) is 11.6 Å². The monoisotopic (exact) mass is 199 g/mol. The van der Waals surface area contributed by atoms with Crippen LogP contribution in [0.4, 0.5) is 0 Å². The summed E-state index contributed by atoms with van der Waals surface area (Å²) in [7, 11) is 0. The Morgan fingerprint density at radius 1 is 1.43 bits per heavy atom. The van der Waals surface area contributed by atoms with Crippen molar-refractivity contribution >= 4 is 5.97 Å². The highest BCUT2D eigenvalue weighted by Gasteiger charge is 2.35. The molecule has 0 amide bonds. The van der Waals surface area contributed by atoms with Crippen LogP contribution in [0.5, 0.6) is 0 Å². The Labute approximate surface area is 86.0 Å². The zero-order valence-electron chi connectivity index (χ0n) is 9.38. The lowest BCUT2D eigenvalue weighted by atomic mass is 9.90. The number of nitrogens with two attached hydrogens (primary N) is 1. The molecule has 3 heteroatoms. The van der Waals surface area contributed by atoms with Gasteiger partial charge in [-0.25, -0.2) is 0 Å². The molecule has 2 N–H and O–H groups in total. The van der Waals surface area contributed by atoms with Crippen LogP contribution < -0.4 is 5.73 Å². The average molecular weight is 199 g/mol. The molecule has 3 nitrogen and oxygen atoms in total. The predicted octanol–water partition coefficient (Wildman–Crippen LogP) is 1.85. The summed E-state index contributed by atoms with van der Waals surface area (Å²) in [5, 5.41) is 0. The lowest BCUT2D eigenvalue weighted by Gasteiger charge is -2.28. The molecule has 1 aliphatic rings. The third kappa shape index (κ3) is 2.47. The molecule has 0 bridgehead atoms. The maximum absolute atomic E-state index is 11.7. The first kappa shape index (κ1) is 11.5. The van der Waals surface area contributed by atoms with Crippen molar-refractivity contribution in [2.24, 2.45) is 11.7 Å². The Balaban J connectivity index is 2.48. The van der Waals surface area contributed by atoms with Crippen molar-refractivity contribution in [1.82, 2.24) is 0 Å². The number of hydrogen-bond acceptors (Lipinski definition) is 3. The number of rotatable bonds is 3. The lowest BCUT2D eigenvalue weighted by molar-refractivity contribution is -0.156. The molecule has 0 aromatic carbocycles. The first-order chi connectivity index (χ1) is 6.44. The second kappa shape index (κ2) is 4.30. The molecule has 0 radical (unpaired) electrons. The topological polar surface area (TPSA) is 52.3 Å². The van der Waals surface area contributed by atoms with E-state index in [0.29, 0.717) is 0 Å². The molecule has 1 rings (SSSR count). The number of carbonyl (C=O) groups excluding carboxylic acids is 1. The number of esters is 1. The van der Waals surface area contributed by atoms with Crippen LogP contribution in [0.15, 0.2) is 0 Å². The predicted molar refractivity (Wildman–Crippen MR) is 55.8 cm³/mol. The smallest absolute Gasteiger partial charge is 0.326 e. The number of hydrogen-bond donors (Lipinski definition) is 1. The fourth-order valence-corrected chi connectivity index (χ4v) is 1.52. The fraction of sp³-hybridized carbons (Fsp3) is 0.909. The summed E-state index contributed by atoms with van der Waals surface area (Å²) in [6.07, 6.45) is 4.45. The minimum Gasteiger partial charge on any atom is -0.461 e. The minimum atomic E-state index is -0.845. The quantitative estimate of drug-likeness (QED) is 0.706. The second-order valence-electron chi connectivity index (χ2n) is 4.75. The first-order valence-corrected chi connectivity index (χ1v) is 5.44. The van der Waals surface area contributed by atoms with E-state index in [1.54, 1.807) is 6.92 Å². The van der Waals surface area contributed by atoms with Crippen LogP contribution in [0, 0.1) is 5.92 Å². The van der Waals surface area contributed by atoms with Gasteiger partial charge in [-0.1, -0.05) is 13.8 Å². The molecular formula is C11H21NO2. The number of ether oxygens (including phenoxy) is 1. The third-order valence-corrected chi connectivity index (χ3v) is 3.22. The fourth-order valence-electron chi connectivity index (χ4n) is 1.52. The van der Waals surface area contributed by atoms with Gasteiger partial charge >= 0.3 is 5.97 Å². The van der Waals surface area contributed by atoms with E-state index < -0.39 is 5.54 Å². The Kier molecular flexibility index (Phi) is 3.53. The minimum absolute atomic E-state index is 0.108. The zero-order valence-corrected chi connectivity index (χ0v) is 9.38. The maximum atomic E-state index is 11.7. The highest BCUT2D eigenvalue weighted by atomic mass is 16.5. The van der Waals surface area contributed by atoms with Crippen molar-refractivity contribution in [3.05, 3.63) is 0 Å². The van der Waals surface area contributed by atoms with E-state index in [0.717, 1.165) is 12.8 Å². The molecule has 1 atom stereocenters.